The topological polar surface area (TPSA) is 117 Å². The summed E-state index contributed by atoms with van der Waals surface area (Å²) in [5.74, 6) is -7.47. The molecule has 1 saturated heterocycles. The number of ether oxygens (including phenoxy) is 1. The zero-order valence-electron chi connectivity index (χ0n) is 18.7. The van der Waals surface area contributed by atoms with Crippen molar-refractivity contribution < 1.29 is 37.0 Å². The van der Waals surface area contributed by atoms with Gasteiger partial charge in [0.25, 0.3) is 0 Å². The molecule has 9 nitrogen and oxygen atoms in total. The van der Waals surface area contributed by atoms with Crippen LogP contribution in [0.2, 0.25) is 5.02 Å². The number of carbonyl (C=O) groups is 2. The second kappa shape index (κ2) is 9.30. The van der Waals surface area contributed by atoms with Crippen LogP contribution in [0.4, 0.5) is 29.2 Å². The van der Waals surface area contributed by atoms with Crippen LogP contribution >= 0.6 is 11.6 Å². The number of esters is 1. The number of benzene rings is 1. The van der Waals surface area contributed by atoms with Crippen molar-refractivity contribution in [1.82, 2.24) is 9.55 Å². The average molecular weight is 529 g/mol. The van der Waals surface area contributed by atoms with Crippen LogP contribution in [0.25, 0.3) is 16.7 Å². The Labute approximate surface area is 204 Å². The summed E-state index contributed by atoms with van der Waals surface area (Å²) in [6.45, 7) is 3.43. The maximum Gasteiger partial charge on any atom is 0.385 e. The van der Waals surface area contributed by atoms with Gasteiger partial charge in [-0.2, -0.15) is 0 Å². The fourth-order valence-electron chi connectivity index (χ4n) is 3.68. The van der Waals surface area contributed by atoms with Crippen molar-refractivity contribution >= 4 is 45.9 Å². The van der Waals surface area contributed by atoms with E-state index in [2.05, 4.69) is 9.93 Å². The summed E-state index contributed by atoms with van der Waals surface area (Å²) >= 11 is 6.48. The summed E-state index contributed by atoms with van der Waals surface area (Å²) in [7, 11) is 0. The van der Waals surface area contributed by atoms with Crippen molar-refractivity contribution in [2.24, 2.45) is 5.92 Å². The summed E-state index contributed by atoms with van der Waals surface area (Å²) in [6.07, 6.45) is 0.123. The number of aromatic nitrogens is 2. The van der Waals surface area contributed by atoms with E-state index in [9.17, 15) is 27.7 Å². The quantitative estimate of drug-likeness (QED) is 0.395. The number of hydrogen-bond donors (Lipinski definition) is 1. The van der Waals surface area contributed by atoms with E-state index in [0.717, 1.165) is 10.6 Å². The molecule has 1 aliphatic heterocycles. The molecule has 0 atom stereocenters. The van der Waals surface area contributed by atoms with E-state index in [1.807, 2.05) is 0 Å². The lowest BCUT2D eigenvalue weighted by atomic mass is 10.1. The van der Waals surface area contributed by atoms with Gasteiger partial charge in [-0.25, -0.2) is 27.9 Å². The summed E-state index contributed by atoms with van der Waals surface area (Å²) in [5.41, 5.74) is 2.80. The van der Waals surface area contributed by atoms with E-state index >= 15 is 4.39 Å². The van der Waals surface area contributed by atoms with E-state index < -0.39 is 68.5 Å². The molecule has 0 radical (unpaired) electrons. The van der Waals surface area contributed by atoms with Gasteiger partial charge in [0.15, 0.2) is 23.3 Å². The number of halogens is 5. The lowest BCUT2D eigenvalue weighted by molar-refractivity contribution is -0.153. The van der Waals surface area contributed by atoms with Crippen molar-refractivity contribution in [2.75, 3.05) is 23.7 Å². The minimum absolute atomic E-state index is 0.0627. The second-order valence-corrected chi connectivity index (χ2v) is 8.68. The van der Waals surface area contributed by atoms with Crippen molar-refractivity contribution in [3.8, 4) is 5.82 Å². The van der Waals surface area contributed by atoms with Crippen LogP contribution in [-0.4, -0.2) is 40.7 Å². The standard InChI is InChI=1S/C22H17ClF4N4O5/c1-8(2)21(33)35-9-5-30(6-9)17-12(24)3-10-16(15(17)23)31(7-11(18(10)32)22(34)36-27)20-14(26)4-13(25)19(28)29-20/h3-4,7-9H,5-6H2,1-2H3,(H2,28,29). The van der Waals surface area contributed by atoms with E-state index in [1.54, 1.807) is 13.8 Å². The van der Waals surface area contributed by atoms with Gasteiger partial charge in [0, 0.05) is 16.8 Å². The molecule has 0 spiro atoms. The van der Waals surface area contributed by atoms with Crippen LogP contribution in [-0.2, 0) is 14.5 Å². The maximum atomic E-state index is 15.2. The van der Waals surface area contributed by atoms with Crippen LogP contribution < -0.4 is 16.1 Å². The van der Waals surface area contributed by atoms with Crippen LogP contribution in [0, 0.1) is 23.4 Å². The SMILES string of the molecule is CC(C)C(=O)OC1CN(c2c(F)cc3c(=O)c(C(=O)OF)cn(-c4nc(N)c(F)cc4F)c3c2Cl)C1. The molecular formula is C22H17ClF4N4O5. The van der Waals surface area contributed by atoms with Crippen molar-refractivity contribution in [3.05, 3.63) is 56.6 Å². The number of hydrogen-bond acceptors (Lipinski definition) is 8. The van der Waals surface area contributed by atoms with Crippen LogP contribution in [0.3, 0.4) is 0 Å². The summed E-state index contributed by atoms with van der Waals surface area (Å²) in [6, 6.07) is 1.12. The van der Waals surface area contributed by atoms with Gasteiger partial charge in [-0.15, -0.1) is 0 Å². The van der Waals surface area contributed by atoms with E-state index in [1.165, 1.54) is 4.90 Å². The normalized spacial score (nSPS) is 13.7. The van der Waals surface area contributed by atoms with Gasteiger partial charge in [0.05, 0.1) is 40.6 Å². The Morgan fingerprint density at radius 2 is 1.83 bits per heavy atom. The molecule has 14 heteroatoms. The lowest BCUT2D eigenvalue weighted by Gasteiger charge is -2.41. The monoisotopic (exact) mass is 528 g/mol. The van der Waals surface area contributed by atoms with Gasteiger partial charge in [-0.3, -0.25) is 14.2 Å². The van der Waals surface area contributed by atoms with Gasteiger partial charge in [0.1, 0.15) is 17.5 Å². The largest absolute Gasteiger partial charge is 0.458 e. The first-order valence-corrected chi connectivity index (χ1v) is 10.8. The van der Waals surface area contributed by atoms with Gasteiger partial charge < -0.3 is 15.4 Å². The van der Waals surface area contributed by atoms with Crippen molar-refractivity contribution in [1.29, 1.82) is 0 Å². The molecular weight excluding hydrogens is 512 g/mol. The molecule has 190 valence electrons. The smallest absolute Gasteiger partial charge is 0.385 e. The van der Waals surface area contributed by atoms with Gasteiger partial charge in [-0.05, 0) is 6.07 Å². The molecule has 4 rings (SSSR count). The highest BCUT2D eigenvalue weighted by atomic mass is 35.5. The third-order valence-corrected chi connectivity index (χ3v) is 5.89. The fourth-order valence-corrected chi connectivity index (χ4v) is 4.09. The Bertz CT molecular complexity index is 1470. The van der Waals surface area contributed by atoms with Crippen LogP contribution in [0.1, 0.15) is 24.2 Å². The number of anilines is 2. The first kappa shape index (κ1) is 25.2. The highest BCUT2D eigenvalue weighted by molar-refractivity contribution is 6.38. The first-order chi connectivity index (χ1) is 16.9. The second-order valence-electron chi connectivity index (χ2n) is 8.30. The number of pyridine rings is 2. The number of carbonyl (C=O) groups excluding carboxylic acids is 2. The minimum atomic E-state index is -1.75. The lowest BCUT2D eigenvalue weighted by Crippen LogP contribution is -2.53. The summed E-state index contributed by atoms with van der Waals surface area (Å²) in [5, 5.41) is -0.948. The summed E-state index contributed by atoms with van der Waals surface area (Å²) < 4.78 is 62.3. The number of nitrogens with two attached hydrogens (primary N) is 1. The Morgan fingerprint density at radius 1 is 1.17 bits per heavy atom. The van der Waals surface area contributed by atoms with E-state index in [-0.39, 0.29) is 30.2 Å². The Kier molecular flexibility index (Phi) is 6.52. The molecule has 0 saturated carbocycles. The molecule has 3 heterocycles. The van der Waals surface area contributed by atoms with Crippen molar-refractivity contribution in [3.63, 3.8) is 0 Å². The zero-order valence-corrected chi connectivity index (χ0v) is 19.4. The minimum Gasteiger partial charge on any atom is -0.458 e. The van der Waals surface area contributed by atoms with Crippen molar-refractivity contribution in [2.45, 2.75) is 20.0 Å². The van der Waals surface area contributed by atoms with E-state index in [0.29, 0.717) is 12.3 Å². The van der Waals surface area contributed by atoms with Gasteiger partial charge >= 0.3 is 11.9 Å². The molecule has 2 aromatic heterocycles. The fraction of sp³-hybridized carbons (Fsp3) is 0.273. The van der Waals surface area contributed by atoms with Crippen LogP contribution in [0.15, 0.2) is 23.1 Å². The Hall–Kier alpha value is -3.87. The molecule has 0 amide bonds. The molecule has 36 heavy (non-hydrogen) atoms. The number of fused-ring (bicyclic) bond motifs is 1. The molecule has 1 fully saturated rings. The van der Waals surface area contributed by atoms with E-state index in [4.69, 9.17) is 22.1 Å². The Morgan fingerprint density at radius 3 is 2.44 bits per heavy atom. The third kappa shape index (κ3) is 4.19. The van der Waals surface area contributed by atoms with Gasteiger partial charge in [0.2, 0.25) is 5.43 Å². The molecule has 0 aliphatic carbocycles. The highest BCUT2D eigenvalue weighted by Gasteiger charge is 2.35. The number of nitrogen functional groups attached to an aromatic ring is 1. The number of nitrogens with zero attached hydrogens (tertiary/aromatic N) is 3. The average Bonchev–Trinajstić information content (AvgIpc) is 2.79. The first-order valence-electron chi connectivity index (χ1n) is 10.4. The molecule has 1 aliphatic rings. The molecule has 0 bridgehead atoms. The zero-order chi connectivity index (χ0) is 26.5. The highest BCUT2D eigenvalue weighted by Crippen LogP contribution is 2.39. The molecule has 2 N–H and O–H groups in total. The predicted octanol–water partition coefficient (Wildman–Crippen LogP) is 3.47. The molecule has 0 unspecified atom stereocenters. The summed E-state index contributed by atoms with van der Waals surface area (Å²) in [4.78, 5) is 44.6. The maximum absolute atomic E-state index is 15.2. The van der Waals surface area contributed by atoms with Crippen LogP contribution in [0.5, 0.6) is 0 Å². The Balaban J connectivity index is 1.92. The van der Waals surface area contributed by atoms with Gasteiger partial charge in [-0.1, -0.05) is 25.4 Å². The third-order valence-electron chi connectivity index (χ3n) is 5.53. The molecule has 3 aromatic rings. The predicted molar refractivity (Wildman–Crippen MR) is 120 cm³/mol. The molecule has 1 aromatic carbocycles. The number of rotatable bonds is 5.